The Hall–Kier alpha value is -3.00. The number of halogens is 1. The van der Waals surface area contributed by atoms with Crippen molar-refractivity contribution >= 4 is 27.5 Å². The molecule has 0 saturated heterocycles. The Morgan fingerprint density at radius 1 is 1.07 bits per heavy atom. The average molecular weight is 432 g/mol. The number of anilines is 1. The molecule has 0 aliphatic rings. The second-order valence-electron chi connectivity index (χ2n) is 5.49. The molecule has 27 heavy (non-hydrogen) atoms. The van der Waals surface area contributed by atoms with Crippen molar-refractivity contribution in [3.63, 3.8) is 0 Å². The molecule has 0 saturated carbocycles. The number of nitrogens with one attached hydrogen (secondary N) is 1. The minimum absolute atomic E-state index is 0.312. The molecule has 1 N–H and O–H groups in total. The lowest BCUT2D eigenvalue weighted by molar-refractivity contribution is 0.102. The summed E-state index contributed by atoms with van der Waals surface area (Å²) < 4.78 is 18.4. The van der Waals surface area contributed by atoms with Crippen LogP contribution in [0.25, 0.3) is 5.69 Å². The Morgan fingerprint density at radius 3 is 2.30 bits per heavy atom. The van der Waals surface area contributed by atoms with Gasteiger partial charge in [-0.25, -0.2) is 4.68 Å². The van der Waals surface area contributed by atoms with Gasteiger partial charge in [0, 0.05) is 11.8 Å². The molecule has 0 atom stereocenters. The number of hydrogen-bond donors (Lipinski definition) is 1. The molecule has 1 aromatic heterocycles. The lowest BCUT2D eigenvalue weighted by Gasteiger charge is -2.15. The van der Waals surface area contributed by atoms with E-state index in [1.54, 1.807) is 29.1 Å². The number of para-hydroxylation sites is 2. The molecule has 0 aliphatic heterocycles. The zero-order valence-electron chi connectivity index (χ0n) is 15.0. The lowest BCUT2D eigenvalue weighted by Crippen LogP contribution is -2.14. The Kier molecular flexibility index (Phi) is 5.66. The van der Waals surface area contributed by atoms with Crippen LogP contribution in [-0.4, -0.2) is 37.0 Å². The van der Waals surface area contributed by atoms with Gasteiger partial charge in [-0.05, 0) is 40.2 Å². The fraction of sp³-hybridized carbons (Fsp3) is 0.158. The van der Waals surface area contributed by atoms with Gasteiger partial charge >= 0.3 is 0 Å². The normalized spacial score (nSPS) is 10.4. The molecule has 3 aromatic rings. The predicted octanol–water partition coefficient (Wildman–Crippen LogP) is 3.91. The highest BCUT2D eigenvalue weighted by Gasteiger charge is 2.18. The number of methoxy groups -OCH3 is 3. The summed E-state index contributed by atoms with van der Waals surface area (Å²) in [6.45, 7) is 0. The van der Waals surface area contributed by atoms with Crippen molar-refractivity contribution in [1.82, 2.24) is 9.78 Å². The first kappa shape index (κ1) is 18.8. The van der Waals surface area contributed by atoms with E-state index >= 15 is 0 Å². The summed E-state index contributed by atoms with van der Waals surface area (Å²) in [6, 6.07) is 10.6. The average Bonchev–Trinajstić information content (AvgIpc) is 3.13. The largest absolute Gasteiger partial charge is 0.493 e. The molecule has 0 fully saturated rings. The van der Waals surface area contributed by atoms with Crippen molar-refractivity contribution in [3.8, 4) is 22.9 Å². The molecule has 7 nitrogen and oxygen atoms in total. The van der Waals surface area contributed by atoms with E-state index in [9.17, 15) is 4.79 Å². The van der Waals surface area contributed by atoms with Crippen LogP contribution in [0.4, 0.5) is 5.69 Å². The lowest BCUT2D eigenvalue weighted by atomic mass is 10.1. The minimum atomic E-state index is -0.312. The summed E-state index contributed by atoms with van der Waals surface area (Å²) >= 11 is 3.38. The van der Waals surface area contributed by atoms with Crippen molar-refractivity contribution in [2.75, 3.05) is 26.6 Å². The highest BCUT2D eigenvalue weighted by molar-refractivity contribution is 9.10. The smallest absolute Gasteiger partial charge is 0.255 e. The summed E-state index contributed by atoms with van der Waals surface area (Å²) in [6.07, 6.45) is 3.49. The molecule has 0 aliphatic carbocycles. The Labute approximate surface area is 165 Å². The van der Waals surface area contributed by atoms with E-state index < -0.39 is 0 Å². The van der Waals surface area contributed by atoms with Crippen LogP contribution >= 0.6 is 15.9 Å². The van der Waals surface area contributed by atoms with Gasteiger partial charge in [-0.3, -0.25) is 4.79 Å². The van der Waals surface area contributed by atoms with Crippen molar-refractivity contribution in [1.29, 1.82) is 0 Å². The van der Waals surface area contributed by atoms with Crippen LogP contribution in [0.2, 0.25) is 0 Å². The number of ether oxygens (including phenoxy) is 3. The number of carbonyl (C=O) groups is 1. The topological polar surface area (TPSA) is 74.6 Å². The molecular formula is C19H18BrN3O4. The summed E-state index contributed by atoms with van der Waals surface area (Å²) in [7, 11) is 4.52. The number of rotatable bonds is 6. The van der Waals surface area contributed by atoms with Gasteiger partial charge in [-0.2, -0.15) is 5.10 Å². The third-order valence-corrected chi connectivity index (χ3v) is 4.29. The Balaban J connectivity index is 1.95. The van der Waals surface area contributed by atoms with E-state index in [1.165, 1.54) is 21.3 Å². The highest BCUT2D eigenvalue weighted by atomic mass is 79.9. The maximum absolute atomic E-state index is 12.8. The first-order valence-corrected chi connectivity index (χ1v) is 8.77. The van der Waals surface area contributed by atoms with E-state index in [4.69, 9.17) is 14.2 Å². The molecular weight excluding hydrogens is 414 g/mol. The third kappa shape index (κ3) is 3.90. The molecule has 2 aromatic carbocycles. The Morgan fingerprint density at radius 2 is 1.74 bits per heavy atom. The maximum Gasteiger partial charge on any atom is 0.255 e. The van der Waals surface area contributed by atoms with Gasteiger partial charge in [-0.15, -0.1) is 0 Å². The molecule has 1 amide bonds. The van der Waals surface area contributed by atoms with Crippen LogP contribution in [0.1, 0.15) is 10.4 Å². The SMILES string of the molecule is COc1cc(C(=O)Nc2ccccc2-n2cc(Br)cn2)cc(OC)c1OC. The number of nitrogens with zero attached hydrogens (tertiary/aromatic N) is 2. The fourth-order valence-electron chi connectivity index (χ4n) is 2.62. The van der Waals surface area contributed by atoms with E-state index in [0.29, 0.717) is 28.5 Å². The van der Waals surface area contributed by atoms with Crippen molar-refractivity contribution < 1.29 is 19.0 Å². The van der Waals surface area contributed by atoms with Crippen molar-refractivity contribution in [2.45, 2.75) is 0 Å². The minimum Gasteiger partial charge on any atom is -0.493 e. The van der Waals surface area contributed by atoms with Gasteiger partial charge < -0.3 is 19.5 Å². The fourth-order valence-corrected chi connectivity index (χ4v) is 2.90. The predicted molar refractivity (Wildman–Crippen MR) is 105 cm³/mol. The first-order valence-electron chi connectivity index (χ1n) is 7.98. The summed E-state index contributed by atoms with van der Waals surface area (Å²) in [5.41, 5.74) is 1.73. The summed E-state index contributed by atoms with van der Waals surface area (Å²) in [5.74, 6) is 0.934. The zero-order chi connectivity index (χ0) is 19.4. The summed E-state index contributed by atoms with van der Waals surface area (Å²) in [4.78, 5) is 12.8. The van der Waals surface area contributed by atoms with Crippen LogP contribution in [0.3, 0.4) is 0 Å². The van der Waals surface area contributed by atoms with Crippen LogP contribution < -0.4 is 19.5 Å². The molecule has 3 rings (SSSR count). The number of benzene rings is 2. The molecule has 8 heteroatoms. The van der Waals surface area contributed by atoms with E-state index in [0.717, 1.165) is 10.2 Å². The monoisotopic (exact) mass is 431 g/mol. The van der Waals surface area contributed by atoms with Gasteiger partial charge in [0.05, 0.1) is 43.4 Å². The van der Waals surface area contributed by atoms with Crippen molar-refractivity contribution in [3.05, 3.63) is 58.8 Å². The van der Waals surface area contributed by atoms with Crippen LogP contribution in [0.5, 0.6) is 17.2 Å². The molecule has 140 valence electrons. The molecule has 1 heterocycles. The Bertz CT molecular complexity index is 946. The molecule has 0 spiro atoms. The molecule has 0 radical (unpaired) electrons. The number of aromatic nitrogens is 2. The number of hydrogen-bond acceptors (Lipinski definition) is 5. The molecule has 0 unspecified atom stereocenters. The van der Waals surface area contributed by atoms with Crippen LogP contribution in [0.15, 0.2) is 53.3 Å². The standard InChI is InChI=1S/C19H18BrN3O4/c1-25-16-8-12(9-17(26-2)18(16)27-3)19(24)22-14-6-4-5-7-15(14)23-11-13(20)10-21-23/h4-11H,1-3H3,(H,22,24). The van der Waals surface area contributed by atoms with Gasteiger partial charge in [0.2, 0.25) is 5.75 Å². The van der Waals surface area contributed by atoms with Crippen molar-refractivity contribution in [2.24, 2.45) is 0 Å². The highest BCUT2D eigenvalue weighted by Crippen LogP contribution is 2.38. The maximum atomic E-state index is 12.8. The second-order valence-corrected chi connectivity index (χ2v) is 6.40. The van der Waals surface area contributed by atoms with Gasteiger partial charge in [-0.1, -0.05) is 12.1 Å². The molecule has 0 bridgehead atoms. The van der Waals surface area contributed by atoms with E-state index in [2.05, 4.69) is 26.3 Å². The quantitative estimate of drug-likeness (QED) is 0.640. The van der Waals surface area contributed by atoms with E-state index in [-0.39, 0.29) is 5.91 Å². The third-order valence-electron chi connectivity index (χ3n) is 3.88. The van der Waals surface area contributed by atoms with Crippen LogP contribution in [-0.2, 0) is 0 Å². The second kappa shape index (κ2) is 8.13. The zero-order valence-corrected chi connectivity index (χ0v) is 16.6. The summed E-state index contributed by atoms with van der Waals surface area (Å²) in [5, 5.41) is 7.17. The van der Waals surface area contributed by atoms with E-state index in [1.807, 2.05) is 24.4 Å². The van der Waals surface area contributed by atoms with Gasteiger partial charge in [0.25, 0.3) is 5.91 Å². The van der Waals surface area contributed by atoms with Gasteiger partial charge in [0.15, 0.2) is 11.5 Å². The van der Waals surface area contributed by atoms with Gasteiger partial charge in [0.1, 0.15) is 0 Å². The first-order chi connectivity index (χ1) is 13.1. The van der Waals surface area contributed by atoms with Crippen LogP contribution in [0, 0.1) is 0 Å². The number of amides is 1. The number of carbonyl (C=O) groups excluding carboxylic acids is 1.